The zero-order chi connectivity index (χ0) is 28.2. The highest BCUT2D eigenvalue weighted by Gasteiger charge is 2.41. The van der Waals surface area contributed by atoms with Crippen molar-refractivity contribution in [2.45, 2.75) is 76.7 Å². The van der Waals surface area contributed by atoms with Crippen LogP contribution in [0.25, 0.3) is 0 Å². The van der Waals surface area contributed by atoms with Crippen molar-refractivity contribution in [1.29, 1.82) is 0 Å². The third-order valence-electron chi connectivity index (χ3n) is 7.50. The second-order valence-corrected chi connectivity index (χ2v) is 10.7. The molecule has 3 rings (SSSR count). The molecule has 11 nitrogen and oxygen atoms in total. The van der Waals surface area contributed by atoms with Crippen molar-refractivity contribution in [1.82, 2.24) is 10.2 Å². The fraction of sp³-hybridized carbons (Fsp3) is 0.704. The van der Waals surface area contributed by atoms with Gasteiger partial charge in [-0.2, -0.15) is 0 Å². The van der Waals surface area contributed by atoms with Crippen LogP contribution in [0.5, 0.6) is 5.75 Å². The van der Waals surface area contributed by atoms with Gasteiger partial charge in [0.2, 0.25) is 0 Å². The first-order valence-corrected chi connectivity index (χ1v) is 13.4. The predicted molar refractivity (Wildman–Crippen MR) is 140 cm³/mol. The molecule has 0 spiro atoms. The van der Waals surface area contributed by atoms with Crippen LogP contribution in [0.3, 0.4) is 0 Å². The van der Waals surface area contributed by atoms with E-state index in [0.29, 0.717) is 25.3 Å². The van der Waals surface area contributed by atoms with Gasteiger partial charge in [-0.05, 0) is 69.8 Å². The van der Waals surface area contributed by atoms with Crippen LogP contribution >= 0.6 is 0 Å². The molecular weight excluding hydrogens is 494 g/mol. The van der Waals surface area contributed by atoms with E-state index < -0.39 is 16.8 Å². The summed E-state index contributed by atoms with van der Waals surface area (Å²) in [6.07, 6.45) is 8.57. The van der Waals surface area contributed by atoms with Gasteiger partial charge in [0.05, 0.1) is 18.6 Å². The van der Waals surface area contributed by atoms with Crippen LogP contribution in [0.4, 0.5) is 4.79 Å². The van der Waals surface area contributed by atoms with Crippen molar-refractivity contribution in [3.8, 4) is 5.75 Å². The summed E-state index contributed by atoms with van der Waals surface area (Å²) in [5.74, 6) is 0.307. The Balaban J connectivity index is 0.00000118. The minimum atomic E-state index is -1.50. The summed E-state index contributed by atoms with van der Waals surface area (Å²) >= 11 is 0. The van der Waals surface area contributed by atoms with Gasteiger partial charge in [-0.15, -0.1) is 10.1 Å². The molecule has 0 saturated heterocycles. The van der Waals surface area contributed by atoms with E-state index in [-0.39, 0.29) is 23.7 Å². The van der Waals surface area contributed by atoms with Gasteiger partial charge in [0, 0.05) is 19.0 Å². The number of carbonyl (C=O) groups excluding carboxylic acids is 2. The zero-order valence-electron chi connectivity index (χ0n) is 22.8. The predicted octanol–water partition coefficient (Wildman–Crippen LogP) is 4.27. The maximum atomic E-state index is 13.0. The maximum absolute atomic E-state index is 13.0. The van der Waals surface area contributed by atoms with E-state index >= 15 is 0 Å². The normalized spacial score (nSPS) is 22.5. The molecule has 1 aromatic rings. The van der Waals surface area contributed by atoms with Gasteiger partial charge in [0.15, 0.2) is 0 Å². The Hall–Kier alpha value is -2.92. The molecule has 2 aliphatic rings. The molecule has 0 unspecified atom stereocenters. The van der Waals surface area contributed by atoms with Gasteiger partial charge < -0.3 is 30.0 Å². The van der Waals surface area contributed by atoms with Gasteiger partial charge >= 0.3 is 12.1 Å². The summed E-state index contributed by atoms with van der Waals surface area (Å²) < 4.78 is 10.8. The highest BCUT2D eigenvalue weighted by atomic mass is 16.9. The smallest absolute Gasteiger partial charge is 0.407 e. The minimum absolute atomic E-state index is 0.140. The second-order valence-electron chi connectivity index (χ2n) is 10.7. The van der Waals surface area contributed by atoms with Gasteiger partial charge in [-0.1, -0.05) is 44.2 Å². The molecule has 2 atom stereocenters. The van der Waals surface area contributed by atoms with Crippen LogP contribution in [-0.2, 0) is 15.1 Å². The average molecular weight is 538 g/mol. The molecule has 1 aromatic carbocycles. The van der Waals surface area contributed by atoms with Gasteiger partial charge in [0.1, 0.15) is 5.75 Å². The van der Waals surface area contributed by atoms with Crippen LogP contribution in [0.2, 0.25) is 0 Å². The Labute approximate surface area is 224 Å². The second kappa shape index (κ2) is 14.9. The quantitative estimate of drug-likeness (QED) is 0.181. The number of ether oxygens (including phenoxy) is 2. The fourth-order valence-corrected chi connectivity index (χ4v) is 5.75. The molecule has 2 saturated carbocycles. The maximum Gasteiger partial charge on any atom is 0.407 e. The fourth-order valence-electron chi connectivity index (χ4n) is 5.75. The number of aliphatic hydroxyl groups is 1. The third-order valence-corrected chi connectivity index (χ3v) is 7.50. The lowest BCUT2D eigenvalue weighted by Crippen LogP contribution is -2.43. The van der Waals surface area contributed by atoms with E-state index in [1.807, 2.05) is 32.3 Å². The summed E-state index contributed by atoms with van der Waals surface area (Å²) in [7, 11) is 4.07. The first-order valence-electron chi connectivity index (χ1n) is 13.4. The molecule has 3 N–H and O–H groups in total. The molecule has 0 aromatic heterocycles. The van der Waals surface area contributed by atoms with E-state index in [1.165, 1.54) is 0 Å². The van der Waals surface area contributed by atoms with E-state index in [9.17, 15) is 14.7 Å². The average Bonchev–Trinajstić information content (AvgIpc) is 2.85. The Bertz CT molecular complexity index is 915. The zero-order valence-corrected chi connectivity index (χ0v) is 22.8. The van der Waals surface area contributed by atoms with Gasteiger partial charge in [-0.3, -0.25) is 4.79 Å². The summed E-state index contributed by atoms with van der Waals surface area (Å²) in [6.45, 7) is 3.32. The molecule has 2 fully saturated rings. The summed E-state index contributed by atoms with van der Waals surface area (Å²) in [6, 6.07) is 7.41. The van der Waals surface area contributed by atoms with E-state index in [1.54, 1.807) is 13.0 Å². The third kappa shape index (κ3) is 9.75. The van der Waals surface area contributed by atoms with Crippen molar-refractivity contribution in [2.75, 3.05) is 33.8 Å². The Morgan fingerprint density at radius 2 is 1.82 bits per heavy atom. The van der Waals surface area contributed by atoms with Crippen molar-refractivity contribution >= 4 is 12.1 Å². The number of amides is 1. The highest BCUT2D eigenvalue weighted by molar-refractivity contribution is 5.73. The lowest BCUT2D eigenvalue weighted by molar-refractivity contribution is -0.742. The Kier molecular flexibility index (Phi) is 12.2. The Morgan fingerprint density at radius 3 is 2.45 bits per heavy atom. The molecule has 214 valence electrons. The van der Waals surface area contributed by atoms with E-state index in [0.717, 1.165) is 63.5 Å². The monoisotopic (exact) mass is 537 g/mol. The van der Waals surface area contributed by atoms with Crippen molar-refractivity contribution in [3.05, 3.63) is 39.9 Å². The number of hydrogen-bond acceptors (Lipinski definition) is 8. The van der Waals surface area contributed by atoms with Gasteiger partial charge in [0.25, 0.3) is 5.09 Å². The molecule has 11 heteroatoms. The lowest BCUT2D eigenvalue weighted by atomic mass is 9.71. The molecule has 0 radical (unpaired) electrons. The first-order chi connectivity index (χ1) is 18.0. The Morgan fingerprint density at radius 1 is 1.16 bits per heavy atom. The first kappa shape index (κ1) is 31.3. The topological polar surface area (TPSA) is 151 Å². The molecule has 1 amide bonds. The number of benzene rings is 1. The van der Waals surface area contributed by atoms with Gasteiger partial charge in [-0.25, -0.2) is 4.79 Å². The summed E-state index contributed by atoms with van der Waals surface area (Å²) in [5, 5.41) is 28.1. The van der Waals surface area contributed by atoms with Crippen LogP contribution < -0.4 is 10.1 Å². The van der Waals surface area contributed by atoms with Crippen molar-refractivity contribution < 1.29 is 34.5 Å². The molecule has 0 aliphatic heterocycles. The standard InChI is InChI=1S/C27H42N2O5.HNO3/c1-4-33-25(31)28-20-26(14-7-5-8-15-26)18-24(30)34-23-13-10-12-21(17-23)27(32)16-9-6-11-22(27)19-29(2)3;2-1(3)4/h10,12-13,17,22,32H,4-9,11,14-16,18-20H2,1-3H3,(H,28,31);(H,2,3,4)/t22-,27+;/m1./s1. The molecule has 2 aliphatic carbocycles. The number of carbonyl (C=O) groups is 2. The highest BCUT2D eigenvalue weighted by Crippen LogP contribution is 2.43. The molecule has 38 heavy (non-hydrogen) atoms. The minimum Gasteiger partial charge on any atom is -0.450 e. The van der Waals surface area contributed by atoms with Crippen LogP contribution in [0, 0.1) is 21.4 Å². The molecule has 0 bridgehead atoms. The van der Waals surface area contributed by atoms with Crippen LogP contribution in [0.1, 0.15) is 76.7 Å². The molecule has 0 heterocycles. The van der Waals surface area contributed by atoms with E-state index in [2.05, 4.69) is 10.2 Å². The van der Waals surface area contributed by atoms with E-state index in [4.69, 9.17) is 24.8 Å². The lowest BCUT2D eigenvalue weighted by Gasteiger charge is -2.41. The number of hydrogen-bond donors (Lipinski definition) is 3. The summed E-state index contributed by atoms with van der Waals surface area (Å²) in [4.78, 5) is 35.3. The number of alkyl carbamates (subject to hydrolysis) is 1. The number of rotatable bonds is 9. The van der Waals surface area contributed by atoms with Crippen molar-refractivity contribution in [3.63, 3.8) is 0 Å². The SMILES string of the molecule is CCOC(=O)NCC1(CC(=O)Oc2cccc([C@@]3(O)CCCC[C@@H]3CN(C)C)c2)CCCCC1.O=[N+]([O-])O. The molecular formula is C27H43N3O8. The number of nitrogens with one attached hydrogen (secondary N) is 1. The largest absolute Gasteiger partial charge is 0.450 e. The van der Waals surface area contributed by atoms with Crippen molar-refractivity contribution in [2.24, 2.45) is 11.3 Å². The summed E-state index contributed by atoms with van der Waals surface area (Å²) in [5.41, 5.74) is -0.405. The van der Waals surface area contributed by atoms with Crippen LogP contribution in [0.15, 0.2) is 24.3 Å². The number of nitrogens with zero attached hydrogens (tertiary/aromatic N) is 2. The number of esters is 1. The van der Waals surface area contributed by atoms with Crippen LogP contribution in [-0.4, -0.2) is 66.2 Å².